The van der Waals surface area contributed by atoms with Gasteiger partial charge in [0.2, 0.25) is 0 Å². The van der Waals surface area contributed by atoms with E-state index in [2.05, 4.69) is 12.2 Å². The molecule has 120 valence electrons. The molecule has 0 aromatic heterocycles. The molecule has 0 aliphatic heterocycles. The van der Waals surface area contributed by atoms with Crippen molar-refractivity contribution in [2.45, 2.75) is 83.9 Å². The molecule has 1 atom stereocenters. The van der Waals surface area contributed by atoms with Gasteiger partial charge in [-0.15, -0.1) is 0 Å². The van der Waals surface area contributed by atoms with Crippen LogP contribution in [-0.2, 0) is 0 Å². The van der Waals surface area contributed by atoms with Crippen molar-refractivity contribution in [2.24, 2.45) is 11.8 Å². The minimum Gasteiger partial charge on any atom is -0.314 e. The van der Waals surface area contributed by atoms with Gasteiger partial charge < -0.3 is 5.32 Å². The summed E-state index contributed by atoms with van der Waals surface area (Å²) in [6.45, 7) is 5.12. The first-order chi connectivity index (χ1) is 9.46. The summed E-state index contributed by atoms with van der Waals surface area (Å²) >= 11 is 0. The van der Waals surface area contributed by atoms with E-state index in [4.69, 9.17) is 0 Å². The van der Waals surface area contributed by atoms with Gasteiger partial charge in [0.05, 0.1) is 0 Å². The van der Waals surface area contributed by atoms with Crippen LogP contribution in [-0.4, -0.2) is 18.8 Å². The van der Waals surface area contributed by atoms with Crippen LogP contribution in [0.25, 0.3) is 0 Å². The Balaban J connectivity index is 2.34. The molecule has 20 heavy (non-hydrogen) atoms. The molecule has 1 rings (SSSR count). The van der Waals surface area contributed by atoms with Crippen molar-refractivity contribution in [1.82, 2.24) is 5.32 Å². The average molecular weight is 293 g/mol. The largest absolute Gasteiger partial charge is 0.389 e. The molecule has 0 aromatic carbocycles. The van der Waals surface area contributed by atoms with Gasteiger partial charge >= 0.3 is 6.18 Å². The van der Waals surface area contributed by atoms with E-state index in [1.165, 1.54) is 38.5 Å². The van der Waals surface area contributed by atoms with Crippen LogP contribution in [0.4, 0.5) is 13.2 Å². The van der Waals surface area contributed by atoms with Gasteiger partial charge in [-0.3, -0.25) is 0 Å². The molecule has 0 radical (unpaired) electrons. The first-order valence-corrected chi connectivity index (χ1v) is 8.26. The third-order valence-electron chi connectivity index (χ3n) is 4.60. The van der Waals surface area contributed by atoms with Crippen LogP contribution >= 0.6 is 0 Å². The molecule has 4 heteroatoms. The van der Waals surface area contributed by atoms with Crippen molar-refractivity contribution in [3.8, 4) is 0 Å². The molecule has 1 fully saturated rings. The lowest BCUT2D eigenvalue weighted by atomic mass is 9.76. The Morgan fingerprint density at radius 2 is 1.75 bits per heavy atom. The number of rotatable bonds is 8. The minimum atomic E-state index is -4.00. The maximum Gasteiger partial charge on any atom is 0.389 e. The van der Waals surface area contributed by atoms with Gasteiger partial charge in [0.1, 0.15) is 0 Å². The molecule has 1 unspecified atom stereocenters. The first-order valence-electron chi connectivity index (χ1n) is 8.26. The second-order valence-corrected chi connectivity index (χ2v) is 6.24. The molecule has 1 nitrogen and oxygen atoms in total. The summed E-state index contributed by atoms with van der Waals surface area (Å²) < 4.78 is 36.7. The van der Waals surface area contributed by atoms with E-state index in [-0.39, 0.29) is 12.5 Å². The molecular formula is C16H30F3N. The predicted octanol–water partition coefficient (Wildman–Crippen LogP) is 5.30. The monoisotopic (exact) mass is 293 g/mol. The van der Waals surface area contributed by atoms with Crippen LogP contribution in [0.3, 0.4) is 0 Å². The van der Waals surface area contributed by atoms with Crippen molar-refractivity contribution < 1.29 is 13.2 Å². The quantitative estimate of drug-likeness (QED) is 0.640. The summed E-state index contributed by atoms with van der Waals surface area (Å²) in [7, 11) is 0. The normalized spacial score (nSPS) is 25.6. The highest BCUT2D eigenvalue weighted by molar-refractivity contribution is 4.82. The maximum absolute atomic E-state index is 12.2. The Labute approximate surface area is 121 Å². The van der Waals surface area contributed by atoms with E-state index in [9.17, 15) is 13.2 Å². The third-order valence-corrected chi connectivity index (χ3v) is 4.60. The number of alkyl halides is 3. The molecule has 1 aliphatic rings. The summed E-state index contributed by atoms with van der Waals surface area (Å²) in [5, 5.41) is 3.42. The molecule has 0 amide bonds. The molecule has 0 saturated heterocycles. The van der Waals surface area contributed by atoms with Crippen LogP contribution in [0.2, 0.25) is 0 Å². The number of halogens is 3. The standard InChI is InChI=1S/C16H30F3N/c1-3-6-13-8-10-14(11-9-13)15(20-4-2)7-5-12-16(17,18)19/h13-15,20H,3-12H2,1-2H3. The molecule has 1 N–H and O–H groups in total. The fraction of sp³-hybridized carbons (Fsp3) is 1.00. The summed E-state index contributed by atoms with van der Waals surface area (Å²) in [6, 6.07) is 0.282. The lowest BCUT2D eigenvalue weighted by Gasteiger charge is -2.34. The fourth-order valence-electron chi connectivity index (χ4n) is 3.58. The molecule has 0 heterocycles. The molecule has 0 spiro atoms. The second kappa shape index (κ2) is 8.91. The van der Waals surface area contributed by atoms with Crippen LogP contribution < -0.4 is 5.32 Å². The van der Waals surface area contributed by atoms with Gasteiger partial charge in [0.15, 0.2) is 0 Å². The van der Waals surface area contributed by atoms with E-state index < -0.39 is 12.6 Å². The Hall–Kier alpha value is -0.250. The third kappa shape index (κ3) is 6.96. The van der Waals surface area contributed by atoms with E-state index in [0.29, 0.717) is 12.3 Å². The molecule has 1 aliphatic carbocycles. The highest BCUT2D eigenvalue weighted by Crippen LogP contribution is 2.35. The fourth-order valence-corrected chi connectivity index (χ4v) is 3.58. The van der Waals surface area contributed by atoms with Crippen LogP contribution in [0, 0.1) is 11.8 Å². The smallest absolute Gasteiger partial charge is 0.314 e. The first kappa shape index (κ1) is 17.8. The summed E-state index contributed by atoms with van der Waals surface area (Å²) in [5.41, 5.74) is 0. The Morgan fingerprint density at radius 3 is 2.25 bits per heavy atom. The van der Waals surface area contributed by atoms with Crippen molar-refractivity contribution in [2.75, 3.05) is 6.54 Å². The van der Waals surface area contributed by atoms with E-state index in [1.807, 2.05) is 6.92 Å². The zero-order valence-corrected chi connectivity index (χ0v) is 12.9. The minimum absolute atomic E-state index is 0.260. The van der Waals surface area contributed by atoms with Gasteiger partial charge in [-0.05, 0) is 44.1 Å². The molecular weight excluding hydrogens is 263 g/mol. The summed E-state index contributed by atoms with van der Waals surface area (Å²) in [6.07, 6.45) is 3.74. The van der Waals surface area contributed by atoms with Crippen molar-refractivity contribution in [1.29, 1.82) is 0 Å². The summed E-state index contributed by atoms with van der Waals surface area (Å²) in [5.74, 6) is 1.44. The van der Waals surface area contributed by atoms with Gasteiger partial charge in [-0.1, -0.05) is 39.5 Å². The Kier molecular flexibility index (Phi) is 7.93. The predicted molar refractivity (Wildman–Crippen MR) is 77.7 cm³/mol. The van der Waals surface area contributed by atoms with E-state index in [0.717, 1.165) is 12.5 Å². The number of nitrogens with one attached hydrogen (secondary N) is 1. The van der Waals surface area contributed by atoms with Gasteiger partial charge in [0.25, 0.3) is 0 Å². The van der Waals surface area contributed by atoms with Crippen LogP contribution in [0.5, 0.6) is 0 Å². The molecule has 0 aromatic rings. The topological polar surface area (TPSA) is 12.0 Å². The zero-order valence-electron chi connectivity index (χ0n) is 12.9. The van der Waals surface area contributed by atoms with Gasteiger partial charge in [0, 0.05) is 12.5 Å². The highest BCUT2D eigenvalue weighted by atomic mass is 19.4. The van der Waals surface area contributed by atoms with Crippen LogP contribution in [0.1, 0.15) is 71.6 Å². The molecule has 1 saturated carbocycles. The van der Waals surface area contributed by atoms with E-state index >= 15 is 0 Å². The maximum atomic E-state index is 12.2. The number of hydrogen-bond donors (Lipinski definition) is 1. The lowest BCUT2D eigenvalue weighted by molar-refractivity contribution is -0.136. The van der Waals surface area contributed by atoms with Gasteiger partial charge in [-0.25, -0.2) is 0 Å². The second-order valence-electron chi connectivity index (χ2n) is 6.24. The van der Waals surface area contributed by atoms with Gasteiger partial charge in [-0.2, -0.15) is 13.2 Å². The van der Waals surface area contributed by atoms with Crippen molar-refractivity contribution >= 4 is 0 Å². The van der Waals surface area contributed by atoms with Crippen molar-refractivity contribution in [3.63, 3.8) is 0 Å². The Bertz CT molecular complexity index is 245. The summed E-state index contributed by atoms with van der Waals surface area (Å²) in [4.78, 5) is 0. The van der Waals surface area contributed by atoms with E-state index in [1.54, 1.807) is 0 Å². The zero-order chi connectivity index (χ0) is 15.0. The van der Waals surface area contributed by atoms with Crippen LogP contribution in [0.15, 0.2) is 0 Å². The Morgan fingerprint density at radius 1 is 1.10 bits per heavy atom. The lowest BCUT2D eigenvalue weighted by Crippen LogP contribution is -2.38. The SMILES string of the molecule is CCCC1CCC(C(CCCC(F)(F)F)NCC)CC1. The highest BCUT2D eigenvalue weighted by Gasteiger charge is 2.29. The van der Waals surface area contributed by atoms with Crippen molar-refractivity contribution in [3.05, 3.63) is 0 Å². The average Bonchev–Trinajstić information content (AvgIpc) is 2.38. The number of hydrogen-bond acceptors (Lipinski definition) is 1. The molecule has 0 bridgehead atoms.